The number of hydrogen-bond acceptors (Lipinski definition) is 6. The summed E-state index contributed by atoms with van der Waals surface area (Å²) >= 11 is 0. The minimum Gasteiger partial charge on any atom is -0.339 e. The Balaban J connectivity index is 1.63. The third kappa shape index (κ3) is 4.11. The minimum absolute atomic E-state index is 0.243. The quantitative estimate of drug-likeness (QED) is 0.684. The van der Waals surface area contributed by atoms with Crippen molar-refractivity contribution in [1.82, 2.24) is 20.1 Å². The average Bonchev–Trinajstić information content (AvgIpc) is 2.99. The zero-order chi connectivity index (χ0) is 16.9. The Labute approximate surface area is 142 Å². The molecule has 1 aromatic carbocycles. The van der Waals surface area contributed by atoms with Crippen molar-refractivity contribution < 1.29 is 8.73 Å². The predicted octanol–water partition coefficient (Wildman–Crippen LogP) is 2.52. The van der Waals surface area contributed by atoms with Gasteiger partial charge in [-0.1, -0.05) is 29.4 Å². The van der Waals surface area contributed by atoms with Crippen LogP contribution in [0.2, 0.25) is 0 Å². The van der Waals surface area contributed by atoms with Gasteiger partial charge in [-0.05, 0) is 25.0 Å². The second kappa shape index (κ2) is 7.44. The smallest absolute Gasteiger partial charge is 0.231 e. The molecule has 7 heteroatoms. The van der Waals surface area contributed by atoms with Crippen LogP contribution in [0.15, 0.2) is 41.2 Å². The molecule has 2 heterocycles. The minimum atomic E-state index is -1.16. The summed E-state index contributed by atoms with van der Waals surface area (Å²) in [5, 5.41) is 3.93. The fourth-order valence-electron chi connectivity index (χ4n) is 2.32. The number of hydrogen-bond donors (Lipinski definition) is 0. The summed E-state index contributed by atoms with van der Waals surface area (Å²) in [5.41, 5.74) is 3.85. The highest BCUT2D eigenvalue weighted by molar-refractivity contribution is 7.83. The molecule has 24 heavy (non-hydrogen) atoms. The third-order valence-corrected chi connectivity index (χ3v) is 4.86. The lowest BCUT2D eigenvalue weighted by Crippen LogP contribution is -2.05. The van der Waals surface area contributed by atoms with Crippen molar-refractivity contribution >= 4 is 10.8 Å². The first-order valence-corrected chi connectivity index (χ1v) is 9.08. The van der Waals surface area contributed by atoms with Crippen molar-refractivity contribution in [3.05, 3.63) is 70.9 Å². The lowest BCUT2D eigenvalue weighted by Gasteiger charge is -2.02. The van der Waals surface area contributed by atoms with Crippen LogP contribution in [0.4, 0.5) is 0 Å². The van der Waals surface area contributed by atoms with E-state index in [0.717, 1.165) is 17.0 Å². The van der Waals surface area contributed by atoms with Gasteiger partial charge < -0.3 is 4.52 Å². The van der Waals surface area contributed by atoms with Gasteiger partial charge in [0.25, 0.3) is 0 Å². The van der Waals surface area contributed by atoms with Crippen molar-refractivity contribution in [2.75, 3.05) is 0 Å². The molecule has 0 aliphatic rings. The normalized spacial score (nSPS) is 12.2. The van der Waals surface area contributed by atoms with Crippen molar-refractivity contribution in [1.29, 1.82) is 0 Å². The Morgan fingerprint density at radius 3 is 2.67 bits per heavy atom. The maximum Gasteiger partial charge on any atom is 0.231 e. The molecule has 1 unspecified atom stereocenters. The summed E-state index contributed by atoms with van der Waals surface area (Å²) in [5.74, 6) is 1.57. The van der Waals surface area contributed by atoms with E-state index >= 15 is 0 Å². The highest BCUT2D eigenvalue weighted by Crippen LogP contribution is 2.13. The van der Waals surface area contributed by atoms with Gasteiger partial charge in [0.15, 0.2) is 5.82 Å². The first-order chi connectivity index (χ1) is 11.6. The Hall–Kier alpha value is -2.41. The summed E-state index contributed by atoms with van der Waals surface area (Å²) in [6.07, 6.45) is 3.81. The van der Waals surface area contributed by atoms with Crippen LogP contribution in [0.25, 0.3) is 0 Å². The third-order valence-electron chi connectivity index (χ3n) is 3.68. The van der Waals surface area contributed by atoms with Crippen LogP contribution in [-0.4, -0.2) is 24.3 Å². The van der Waals surface area contributed by atoms with Gasteiger partial charge in [-0.15, -0.1) is 0 Å². The molecule has 0 saturated carbocycles. The number of nitrogens with zero attached hydrogens (tertiary/aromatic N) is 4. The molecule has 3 rings (SSSR count). The molecule has 0 fully saturated rings. The lowest BCUT2D eigenvalue weighted by atomic mass is 10.1. The number of rotatable bonds is 6. The molecule has 0 N–H and O–H groups in total. The molecule has 0 aliphatic carbocycles. The van der Waals surface area contributed by atoms with Crippen LogP contribution in [0.3, 0.4) is 0 Å². The van der Waals surface area contributed by atoms with Crippen LogP contribution in [-0.2, 0) is 28.7 Å². The van der Waals surface area contributed by atoms with Gasteiger partial charge in [0.05, 0.1) is 29.3 Å². The molecule has 0 radical (unpaired) electrons. The van der Waals surface area contributed by atoms with E-state index in [-0.39, 0.29) is 5.75 Å². The molecule has 0 aliphatic heterocycles. The highest BCUT2D eigenvalue weighted by atomic mass is 32.2. The van der Waals surface area contributed by atoms with E-state index < -0.39 is 10.8 Å². The van der Waals surface area contributed by atoms with Crippen molar-refractivity contribution in [3.8, 4) is 0 Å². The van der Waals surface area contributed by atoms with Crippen molar-refractivity contribution in [2.45, 2.75) is 31.8 Å². The monoisotopic (exact) mass is 342 g/mol. The van der Waals surface area contributed by atoms with E-state index in [0.29, 0.717) is 23.9 Å². The summed E-state index contributed by atoms with van der Waals surface area (Å²) in [4.78, 5) is 12.7. The molecule has 0 spiro atoms. The molecule has 6 nitrogen and oxygen atoms in total. The Morgan fingerprint density at radius 1 is 1.08 bits per heavy atom. The molecular weight excluding hydrogens is 324 g/mol. The molecular formula is C17H18N4O2S. The highest BCUT2D eigenvalue weighted by Gasteiger charge is 2.13. The molecule has 3 aromatic rings. The van der Waals surface area contributed by atoms with E-state index in [1.807, 2.05) is 38.1 Å². The molecule has 0 bridgehead atoms. The van der Waals surface area contributed by atoms with E-state index in [1.54, 1.807) is 12.4 Å². The topological polar surface area (TPSA) is 81.8 Å². The van der Waals surface area contributed by atoms with Crippen LogP contribution in [0.1, 0.15) is 34.2 Å². The van der Waals surface area contributed by atoms with Crippen molar-refractivity contribution in [2.24, 2.45) is 0 Å². The first kappa shape index (κ1) is 16.4. The number of aromatic nitrogens is 4. The first-order valence-electron chi connectivity index (χ1n) is 7.59. The molecule has 124 valence electrons. The lowest BCUT2D eigenvalue weighted by molar-refractivity contribution is 0.380. The fraction of sp³-hybridized carbons (Fsp3) is 0.294. The van der Waals surface area contributed by atoms with Crippen LogP contribution in [0.5, 0.6) is 0 Å². The number of benzene rings is 1. The second-order valence-corrected chi connectivity index (χ2v) is 6.98. The van der Waals surface area contributed by atoms with Gasteiger partial charge in [-0.2, -0.15) is 4.98 Å². The van der Waals surface area contributed by atoms with E-state index in [4.69, 9.17) is 4.52 Å². The maximum absolute atomic E-state index is 12.3. The fourth-order valence-corrected chi connectivity index (χ4v) is 3.41. The molecule has 1 atom stereocenters. The van der Waals surface area contributed by atoms with E-state index in [9.17, 15) is 4.21 Å². The van der Waals surface area contributed by atoms with Gasteiger partial charge in [0, 0.05) is 23.2 Å². The van der Waals surface area contributed by atoms with Gasteiger partial charge in [-0.25, -0.2) is 0 Å². The second-order valence-electron chi connectivity index (χ2n) is 5.52. The van der Waals surface area contributed by atoms with E-state index in [2.05, 4.69) is 20.1 Å². The Morgan fingerprint density at radius 2 is 1.88 bits per heavy atom. The van der Waals surface area contributed by atoms with E-state index in [1.165, 1.54) is 5.56 Å². The molecule has 2 aromatic heterocycles. The van der Waals surface area contributed by atoms with Gasteiger partial charge in [0.2, 0.25) is 5.89 Å². The summed E-state index contributed by atoms with van der Waals surface area (Å²) in [7, 11) is -1.16. The zero-order valence-corrected chi connectivity index (χ0v) is 14.4. The van der Waals surface area contributed by atoms with Gasteiger partial charge >= 0.3 is 0 Å². The van der Waals surface area contributed by atoms with Crippen molar-refractivity contribution in [3.63, 3.8) is 0 Å². The zero-order valence-electron chi connectivity index (χ0n) is 13.6. The van der Waals surface area contributed by atoms with Crippen LogP contribution >= 0.6 is 0 Å². The summed E-state index contributed by atoms with van der Waals surface area (Å²) in [6.45, 7) is 3.90. The molecule has 0 amide bonds. The summed E-state index contributed by atoms with van der Waals surface area (Å²) < 4.78 is 17.6. The Bertz CT molecular complexity index is 863. The maximum atomic E-state index is 12.3. The van der Waals surface area contributed by atoms with Crippen LogP contribution in [0, 0.1) is 13.8 Å². The number of aryl methyl sites for hydroxylation is 2. The standard InChI is InChI=1S/C17H18N4O2S/c1-12-5-3-4-6-14(12)9-17-20-16(21-23-17)11-24(22)10-15-13(2)18-7-8-19-15/h3-8H,9-11H2,1-2H3. The van der Waals surface area contributed by atoms with Gasteiger partial charge in [-0.3, -0.25) is 14.2 Å². The van der Waals surface area contributed by atoms with Crippen LogP contribution < -0.4 is 0 Å². The Kier molecular flexibility index (Phi) is 5.10. The SMILES string of the molecule is Cc1ccccc1Cc1nc(CS(=O)Cc2nccnc2C)no1. The average molecular weight is 342 g/mol. The predicted molar refractivity (Wildman–Crippen MR) is 90.6 cm³/mol. The largest absolute Gasteiger partial charge is 0.339 e. The summed E-state index contributed by atoms with van der Waals surface area (Å²) in [6, 6.07) is 8.06. The molecule has 0 saturated heterocycles. The van der Waals surface area contributed by atoms with Gasteiger partial charge in [0.1, 0.15) is 0 Å².